The lowest BCUT2D eigenvalue weighted by molar-refractivity contribution is 0.401. The first-order chi connectivity index (χ1) is 4.91. The van der Waals surface area contributed by atoms with Gasteiger partial charge in [0.25, 0.3) is 0 Å². The molecule has 3 nitrogen and oxygen atoms in total. The zero-order chi connectivity index (χ0) is 7.66. The molecule has 0 N–H and O–H groups in total. The summed E-state index contributed by atoms with van der Waals surface area (Å²) in [5, 5.41) is 0. The summed E-state index contributed by atoms with van der Waals surface area (Å²) in [7, 11) is 0. The summed E-state index contributed by atoms with van der Waals surface area (Å²) in [6.45, 7) is 3.22. The number of rotatable bonds is 6. The molecule has 0 aromatic carbocycles. The van der Waals surface area contributed by atoms with Crippen molar-refractivity contribution in [3.05, 3.63) is 0 Å². The minimum Gasteiger partial charge on any atom is -0.316 e. The first-order valence-corrected chi connectivity index (χ1v) is 4.11. The molecule has 0 rings (SSSR count). The summed E-state index contributed by atoms with van der Waals surface area (Å²) in [6, 6.07) is 0. The fraction of sp³-hybridized carbons (Fsp3) is 0.833. The van der Waals surface area contributed by atoms with Crippen molar-refractivity contribution < 1.29 is 8.98 Å². The van der Waals surface area contributed by atoms with Crippen LogP contribution in [0.25, 0.3) is 0 Å². The van der Waals surface area contributed by atoms with E-state index in [1.165, 1.54) is 18.1 Å². The Morgan fingerprint density at radius 2 is 2.50 bits per heavy atom. The first-order valence-electron chi connectivity index (χ1n) is 3.20. The van der Waals surface area contributed by atoms with Crippen LogP contribution in [0.3, 0.4) is 0 Å². The molecule has 0 aromatic rings. The van der Waals surface area contributed by atoms with Gasteiger partial charge in [-0.1, -0.05) is 0 Å². The van der Waals surface area contributed by atoms with E-state index in [9.17, 15) is 4.79 Å². The molecule has 0 fully saturated rings. The van der Waals surface area contributed by atoms with Crippen molar-refractivity contribution in [2.24, 2.45) is 4.99 Å². The molecule has 0 unspecified atom stereocenters. The maximum Gasteiger partial charge on any atom is 0.234 e. The molecule has 0 amide bonds. The van der Waals surface area contributed by atoms with E-state index in [1.54, 1.807) is 0 Å². The van der Waals surface area contributed by atoms with Crippen molar-refractivity contribution in [2.45, 2.75) is 13.3 Å². The van der Waals surface area contributed by atoms with Gasteiger partial charge in [-0.25, -0.2) is 9.79 Å². The van der Waals surface area contributed by atoms with Crippen LogP contribution in [0, 0.1) is 0 Å². The predicted octanol–water partition coefficient (Wildman–Crippen LogP) is 1.40. The monoisotopic (exact) mass is 161 g/mol. The highest BCUT2D eigenvalue weighted by Gasteiger charge is 1.86. The highest BCUT2D eigenvalue weighted by atomic mass is 32.2. The first kappa shape index (κ1) is 9.69. The number of nitrogens with zero attached hydrogens (tertiary/aromatic N) is 1. The Labute approximate surface area is 65.1 Å². The van der Waals surface area contributed by atoms with E-state index < -0.39 is 0 Å². The summed E-state index contributed by atoms with van der Waals surface area (Å²) in [6.07, 6.45) is 2.36. The van der Waals surface area contributed by atoms with Gasteiger partial charge in [0.1, 0.15) is 0 Å². The third-order valence-electron chi connectivity index (χ3n) is 0.763. The molecule has 0 radical (unpaired) electrons. The summed E-state index contributed by atoms with van der Waals surface area (Å²) < 4.78 is 4.99. The molecular weight excluding hydrogens is 150 g/mol. The van der Waals surface area contributed by atoms with Crippen LogP contribution in [-0.4, -0.2) is 25.0 Å². The predicted molar refractivity (Wildman–Crippen MR) is 41.7 cm³/mol. The molecule has 0 saturated heterocycles. The van der Waals surface area contributed by atoms with E-state index in [0.29, 0.717) is 6.54 Å². The molecule has 0 heterocycles. The third-order valence-corrected chi connectivity index (χ3v) is 1.62. The number of hydrogen-bond donors (Lipinski definition) is 0. The Kier molecular flexibility index (Phi) is 8.42. The van der Waals surface area contributed by atoms with Gasteiger partial charge in [-0.2, -0.15) is 0 Å². The largest absolute Gasteiger partial charge is 0.316 e. The van der Waals surface area contributed by atoms with Crippen LogP contribution in [0.4, 0.5) is 0 Å². The highest BCUT2D eigenvalue weighted by Crippen LogP contribution is 2.02. The molecule has 0 aliphatic heterocycles. The van der Waals surface area contributed by atoms with Gasteiger partial charge in [0.15, 0.2) is 0 Å². The van der Waals surface area contributed by atoms with Gasteiger partial charge in [0, 0.05) is 5.75 Å². The van der Waals surface area contributed by atoms with Crippen molar-refractivity contribution in [1.29, 1.82) is 0 Å². The third kappa shape index (κ3) is 7.69. The molecule has 0 aliphatic carbocycles. The molecule has 0 aliphatic rings. The van der Waals surface area contributed by atoms with Crippen LogP contribution in [0.15, 0.2) is 4.99 Å². The molecule has 4 heteroatoms. The summed E-state index contributed by atoms with van der Waals surface area (Å²) in [5.41, 5.74) is 0. The van der Waals surface area contributed by atoms with Crippen molar-refractivity contribution in [3.8, 4) is 0 Å². The van der Waals surface area contributed by atoms with E-state index in [4.69, 9.17) is 4.18 Å². The maximum absolute atomic E-state index is 9.56. The van der Waals surface area contributed by atoms with Crippen LogP contribution in [0.2, 0.25) is 0 Å². The molecule has 0 spiro atoms. The summed E-state index contributed by atoms with van der Waals surface area (Å²) in [4.78, 5) is 13.0. The highest BCUT2D eigenvalue weighted by molar-refractivity contribution is 7.94. The lowest BCUT2D eigenvalue weighted by Crippen LogP contribution is -1.86. The van der Waals surface area contributed by atoms with E-state index in [-0.39, 0.29) is 0 Å². The lowest BCUT2D eigenvalue weighted by atomic mass is 10.5. The summed E-state index contributed by atoms with van der Waals surface area (Å²) >= 11 is 1.41. The van der Waals surface area contributed by atoms with E-state index in [2.05, 4.69) is 4.99 Å². The van der Waals surface area contributed by atoms with Gasteiger partial charge in [-0.05, 0) is 25.4 Å². The molecule has 0 saturated carbocycles. The van der Waals surface area contributed by atoms with Crippen LogP contribution in [0.1, 0.15) is 13.3 Å². The average Bonchev–Trinajstić information content (AvgIpc) is 1.97. The number of isocyanates is 1. The Balaban J connectivity index is 2.83. The van der Waals surface area contributed by atoms with Crippen LogP contribution in [-0.2, 0) is 8.98 Å². The van der Waals surface area contributed by atoms with Gasteiger partial charge in [-0.15, -0.1) is 0 Å². The van der Waals surface area contributed by atoms with Crippen molar-refractivity contribution in [2.75, 3.05) is 18.9 Å². The number of carbonyl (C=O) groups excluding carboxylic acids is 1. The second-order valence-corrected chi connectivity index (χ2v) is 2.43. The minimum absolute atomic E-state index is 0.559. The van der Waals surface area contributed by atoms with Crippen molar-refractivity contribution in [3.63, 3.8) is 0 Å². The Morgan fingerprint density at radius 3 is 3.10 bits per heavy atom. The van der Waals surface area contributed by atoms with Crippen LogP contribution >= 0.6 is 12.0 Å². The van der Waals surface area contributed by atoms with Gasteiger partial charge in [0.05, 0.1) is 13.2 Å². The molecular formula is C6H11NO2S. The van der Waals surface area contributed by atoms with Crippen LogP contribution < -0.4 is 0 Å². The van der Waals surface area contributed by atoms with Gasteiger partial charge < -0.3 is 4.18 Å². The Morgan fingerprint density at radius 1 is 1.70 bits per heavy atom. The minimum atomic E-state index is 0.559. The van der Waals surface area contributed by atoms with Gasteiger partial charge >= 0.3 is 0 Å². The molecule has 0 atom stereocenters. The fourth-order valence-electron chi connectivity index (χ4n) is 0.390. The summed E-state index contributed by atoms with van der Waals surface area (Å²) in [5.74, 6) is 0.888. The second-order valence-electron chi connectivity index (χ2n) is 1.56. The smallest absolute Gasteiger partial charge is 0.234 e. The van der Waals surface area contributed by atoms with E-state index in [0.717, 1.165) is 18.8 Å². The average molecular weight is 161 g/mol. The molecule has 0 aromatic heterocycles. The Hall–Kier alpha value is -0.310. The van der Waals surface area contributed by atoms with Crippen molar-refractivity contribution in [1.82, 2.24) is 0 Å². The Bertz CT molecular complexity index is 112. The molecule has 58 valence electrons. The fourth-order valence-corrected chi connectivity index (χ4v) is 0.922. The lowest BCUT2D eigenvalue weighted by Gasteiger charge is -1.95. The van der Waals surface area contributed by atoms with Gasteiger partial charge in [0.2, 0.25) is 6.08 Å². The molecule has 10 heavy (non-hydrogen) atoms. The van der Waals surface area contributed by atoms with Gasteiger partial charge in [-0.3, -0.25) is 0 Å². The quantitative estimate of drug-likeness (QED) is 0.256. The molecule has 0 bridgehead atoms. The zero-order valence-electron chi connectivity index (χ0n) is 6.00. The second kappa shape index (κ2) is 8.69. The normalized spacial score (nSPS) is 8.90. The zero-order valence-corrected chi connectivity index (χ0v) is 6.82. The SMILES string of the molecule is CCOSCCCN=C=O. The van der Waals surface area contributed by atoms with Crippen LogP contribution in [0.5, 0.6) is 0 Å². The standard InChI is InChI=1S/C6H11NO2S/c1-2-9-10-5-3-4-7-6-8/h2-5H2,1H3. The topological polar surface area (TPSA) is 38.7 Å². The maximum atomic E-state index is 9.56. The number of aliphatic imine (C=N–C) groups is 1. The van der Waals surface area contributed by atoms with E-state index in [1.807, 2.05) is 6.92 Å². The van der Waals surface area contributed by atoms with E-state index >= 15 is 0 Å². The number of hydrogen-bond acceptors (Lipinski definition) is 4. The van der Waals surface area contributed by atoms with Crippen molar-refractivity contribution >= 4 is 18.1 Å².